The number of nitrogens with zero attached hydrogens (tertiary/aromatic N) is 1. The van der Waals surface area contributed by atoms with E-state index in [1.165, 1.54) is 0 Å². The maximum absolute atomic E-state index is 12.3. The lowest BCUT2D eigenvalue weighted by Gasteiger charge is -2.29. The fraction of sp³-hybridized carbons (Fsp3) is 0.692. The van der Waals surface area contributed by atoms with Gasteiger partial charge in [0.25, 0.3) is 0 Å². The van der Waals surface area contributed by atoms with Crippen molar-refractivity contribution in [3.8, 4) is 0 Å². The molecule has 2 aliphatic carbocycles. The van der Waals surface area contributed by atoms with E-state index in [1.807, 2.05) is 26.0 Å². The van der Waals surface area contributed by atoms with Crippen molar-refractivity contribution >= 4 is 11.9 Å². The highest BCUT2D eigenvalue weighted by atomic mass is 16.4. The Morgan fingerprint density at radius 1 is 1.18 bits per heavy atom. The van der Waals surface area contributed by atoms with Crippen molar-refractivity contribution in [2.45, 2.75) is 20.3 Å². The van der Waals surface area contributed by atoms with Crippen LogP contribution in [0.5, 0.6) is 0 Å². The van der Waals surface area contributed by atoms with E-state index >= 15 is 0 Å². The Morgan fingerprint density at radius 2 is 1.71 bits per heavy atom. The van der Waals surface area contributed by atoms with E-state index in [0.717, 1.165) is 6.42 Å². The van der Waals surface area contributed by atoms with Gasteiger partial charge in [-0.1, -0.05) is 12.2 Å². The van der Waals surface area contributed by atoms with E-state index in [4.69, 9.17) is 0 Å². The zero-order valence-electron chi connectivity index (χ0n) is 10.3. The number of amides is 1. The predicted molar refractivity (Wildman–Crippen MR) is 63.3 cm³/mol. The lowest BCUT2D eigenvalue weighted by Crippen LogP contribution is -2.42. The minimum atomic E-state index is -0.827. The molecule has 94 valence electrons. The second kappa shape index (κ2) is 4.51. The first-order valence-corrected chi connectivity index (χ1v) is 6.30. The number of rotatable bonds is 4. The van der Waals surface area contributed by atoms with Gasteiger partial charge in [0.1, 0.15) is 0 Å². The summed E-state index contributed by atoms with van der Waals surface area (Å²) < 4.78 is 0. The molecule has 2 rings (SSSR count). The molecule has 0 saturated heterocycles. The van der Waals surface area contributed by atoms with Crippen LogP contribution in [-0.4, -0.2) is 35.0 Å². The molecule has 1 N–H and O–H groups in total. The van der Waals surface area contributed by atoms with E-state index in [9.17, 15) is 14.7 Å². The van der Waals surface area contributed by atoms with Crippen LogP contribution in [0.15, 0.2) is 12.2 Å². The smallest absolute Gasteiger partial charge is 0.307 e. The number of carbonyl (C=O) groups excluding carboxylic acids is 1. The Hall–Kier alpha value is -1.32. The average Bonchev–Trinajstić information content (AvgIpc) is 2.89. The molecule has 1 saturated carbocycles. The molecule has 0 radical (unpaired) electrons. The highest BCUT2D eigenvalue weighted by Crippen LogP contribution is 2.48. The quantitative estimate of drug-likeness (QED) is 0.751. The van der Waals surface area contributed by atoms with Gasteiger partial charge in [-0.05, 0) is 32.1 Å². The average molecular weight is 237 g/mol. The van der Waals surface area contributed by atoms with Crippen LogP contribution in [0.4, 0.5) is 0 Å². The second-order valence-electron chi connectivity index (χ2n) is 4.85. The summed E-state index contributed by atoms with van der Waals surface area (Å²) in [6.45, 7) is 5.17. The van der Waals surface area contributed by atoms with Gasteiger partial charge in [-0.2, -0.15) is 0 Å². The number of carboxylic acid groups (broad SMARTS) is 1. The predicted octanol–water partition coefficient (Wildman–Crippen LogP) is 1.38. The summed E-state index contributed by atoms with van der Waals surface area (Å²) in [6.07, 6.45) is 4.82. The first kappa shape index (κ1) is 12.1. The molecule has 4 atom stereocenters. The highest BCUT2D eigenvalue weighted by Gasteiger charge is 2.52. The van der Waals surface area contributed by atoms with Crippen molar-refractivity contribution < 1.29 is 14.7 Å². The molecule has 0 aromatic heterocycles. The first-order valence-electron chi connectivity index (χ1n) is 6.30. The maximum Gasteiger partial charge on any atom is 0.307 e. The summed E-state index contributed by atoms with van der Waals surface area (Å²) in [5.41, 5.74) is 0. The standard InChI is InChI=1S/C13H19NO3/c1-3-14(4-2)12(15)10-8-5-6-9(7-8)11(10)13(16)17/h5-6,8-11H,3-4,7H2,1-2H3,(H,16,17)/t8-,9-,10-,11-/m0/s1. The van der Waals surface area contributed by atoms with Crippen molar-refractivity contribution in [1.29, 1.82) is 0 Å². The maximum atomic E-state index is 12.3. The molecule has 0 aromatic carbocycles. The Labute approximate surface area is 101 Å². The number of hydrogen-bond donors (Lipinski definition) is 1. The van der Waals surface area contributed by atoms with Crippen LogP contribution < -0.4 is 0 Å². The minimum Gasteiger partial charge on any atom is -0.481 e. The largest absolute Gasteiger partial charge is 0.481 e. The van der Waals surface area contributed by atoms with Crippen molar-refractivity contribution in [2.75, 3.05) is 13.1 Å². The van der Waals surface area contributed by atoms with Crippen LogP contribution >= 0.6 is 0 Å². The number of aliphatic carboxylic acids is 1. The molecule has 1 fully saturated rings. The molecule has 0 spiro atoms. The Kier molecular flexibility index (Phi) is 3.22. The van der Waals surface area contributed by atoms with Gasteiger partial charge in [0.2, 0.25) is 5.91 Å². The topological polar surface area (TPSA) is 57.6 Å². The third-order valence-electron chi connectivity index (χ3n) is 4.10. The van der Waals surface area contributed by atoms with E-state index < -0.39 is 11.9 Å². The zero-order valence-corrected chi connectivity index (χ0v) is 10.3. The number of fused-ring (bicyclic) bond motifs is 2. The molecule has 0 aliphatic heterocycles. The molecule has 4 nitrogen and oxygen atoms in total. The van der Waals surface area contributed by atoms with Crippen molar-refractivity contribution in [1.82, 2.24) is 4.90 Å². The van der Waals surface area contributed by atoms with Crippen LogP contribution in [0.2, 0.25) is 0 Å². The molecule has 4 heteroatoms. The van der Waals surface area contributed by atoms with Crippen molar-refractivity contribution in [2.24, 2.45) is 23.7 Å². The minimum absolute atomic E-state index is 0.0132. The summed E-state index contributed by atoms with van der Waals surface area (Å²) in [7, 11) is 0. The fourth-order valence-electron chi connectivity index (χ4n) is 3.24. The van der Waals surface area contributed by atoms with Crippen molar-refractivity contribution in [3.05, 3.63) is 12.2 Å². The van der Waals surface area contributed by atoms with Gasteiger partial charge in [-0.3, -0.25) is 9.59 Å². The van der Waals surface area contributed by atoms with E-state index in [0.29, 0.717) is 13.1 Å². The summed E-state index contributed by atoms with van der Waals surface area (Å²) in [5.74, 6) is -1.48. The number of carboxylic acids is 1. The molecule has 17 heavy (non-hydrogen) atoms. The van der Waals surface area contributed by atoms with Crippen LogP contribution in [-0.2, 0) is 9.59 Å². The van der Waals surface area contributed by atoms with Gasteiger partial charge in [-0.25, -0.2) is 0 Å². The van der Waals surface area contributed by atoms with Gasteiger partial charge < -0.3 is 10.0 Å². The first-order chi connectivity index (χ1) is 8.10. The number of allylic oxidation sites excluding steroid dienone is 2. The van der Waals surface area contributed by atoms with Crippen LogP contribution in [0, 0.1) is 23.7 Å². The molecule has 0 unspecified atom stereocenters. The third kappa shape index (κ3) is 1.85. The monoisotopic (exact) mass is 237 g/mol. The van der Waals surface area contributed by atoms with Crippen molar-refractivity contribution in [3.63, 3.8) is 0 Å². The normalized spacial score (nSPS) is 34.0. The van der Waals surface area contributed by atoms with Gasteiger partial charge in [0, 0.05) is 13.1 Å². The zero-order chi connectivity index (χ0) is 12.6. The lowest BCUT2D eigenvalue weighted by atomic mass is 9.82. The van der Waals surface area contributed by atoms with Gasteiger partial charge in [0.05, 0.1) is 11.8 Å². The SMILES string of the molecule is CCN(CC)C(=O)[C@@H]1[C@@H](C(=O)O)[C@H]2C=C[C@H]1C2. The summed E-state index contributed by atoms with van der Waals surface area (Å²) in [4.78, 5) is 25.4. The van der Waals surface area contributed by atoms with Gasteiger partial charge in [0.15, 0.2) is 0 Å². The van der Waals surface area contributed by atoms with Crippen LogP contribution in [0.1, 0.15) is 20.3 Å². The van der Waals surface area contributed by atoms with E-state index in [-0.39, 0.29) is 23.7 Å². The fourth-order valence-corrected chi connectivity index (χ4v) is 3.24. The van der Waals surface area contributed by atoms with Crippen LogP contribution in [0.25, 0.3) is 0 Å². The molecular formula is C13H19NO3. The molecule has 2 aliphatic rings. The molecule has 0 heterocycles. The van der Waals surface area contributed by atoms with E-state index in [1.54, 1.807) is 4.90 Å². The number of hydrogen-bond acceptors (Lipinski definition) is 2. The van der Waals surface area contributed by atoms with E-state index in [2.05, 4.69) is 0 Å². The molecular weight excluding hydrogens is 218 g/mol. The Bertz CT molecular complexity index is 360. The summed E-state index contributed by atoms with van der Waals surface area (Å²) in [6, 6.07) is 0. The second-order valence-corrected chi connectivity index (χ2v) is 4.85. The Balaban J connectivity index is 2.22. The summed E-state index contributed by atoms with van der Waals surface area (Å²) >= 11 is 0. The Morgan fingerprint density at radius 3 is 2.18 bits per heavy atom. The molecule has 2 bridgehead atoms. The third-order valence-corrected chi connectivity index (χ3v) is 4.10. The molecule has 1 amide bonds. The summed E-state index contributed by atoms with van der Waals surface area (Å²) in [5, 5.41) is 9.28. The van der Waals surface area contributed by atoms with Gasteiger partial charge in [-0.15, -0.1) is 0 Å². The highest BCUT2D eigenvalue weighted by molar-refractivity contribution is 5.86. The lowest BCUT2D eigenvalue weighted by molar-refractivity contribution is -0.150. The molecule has 0 aromatic rings. The van der Waals surface area contributed by atoms with Crippen LogP contribution in [0.3, 0.4) is 0 Å². The number of carbonyl (C=O) groups is 2. The van der Waals surface area contributed by atoms with Gasteiger partial charge >= 0.3 is 5.97 Å².